The molecular weight excluding hydrogens is 307 g/mol. The summed E-state index contributed by atoms with van der Waals surface area (Å²) in [5.74, 6) is -0.584. The molecule has 0 saturated heterocycles. The molecule has 0 saturated carbocycles. The van der Waals surface area contributed by atoms with E-state index in [9.17, 15) is 14.9 Å². The molecule has 1 aromatic carbocycles. The zero-order valence-electron chi connectivity index (χ0n) is 10.9. The van der Waals surface area contributed by atoms with E-state index in [0.29, 0.717) is 6.42 Å². The van der Waals surface area contributed by atoms with Crippen molar-refractivity contribution in [3.8, 4) is 0 Å². The third-order valence-corrected chi connectivity index (χ3v) is 3.46. The fourth-order valence-electron chi connectivity index (χ4n) is 1.56. The summed E-state index contributed by atoms with van der Waals surface area (Å²) in [5.41, 5.74) is -1.06. The molecule has 0 bridgehead atoms. The molecule has 1 amide bonds. The Morgan fingerprint density at radius 1 is 1.45 bits per heavy atom. The number of rotatable bonds is 5. The van der Waals surface area contributed by atoms with Gasteiger partial charge in [0.15, 0.2) is 0 Å². The van der Waals surface area contributed by atoms with Crippen LogP contribution in [0, 0.1) is 10.1 Å². The van der Waals surface area contributed by atoms with Gasteiger partial charge in [-0.1, -0.05) is 23.2 Å². The van der Waals surface area contributed by atoms with E-state index in [1.54, 1.807) is 13.8 Å². The normalized spacial score (nSPS) is 11.2. The average molecular weight is 321 g/mol. The van der Waals surface area contributed by atoms with E-state index in [2.05, 4.69) is 5.32 Å². The van der Waals surface area contributed by atoms with Crippen molar-refractivity contribution >= 4 is 34.8 Å². The Kier molecular flexibility index (Phi) is 5.33. The largest absolute Gasteiger partial charge is 0.396 e. The summed E-state index contributed by atoms with van der Waals surface area (Å²) in [6, 6.07) is 2.15. The van der Waals surface area contributed by atoms with Crippen molar-refractivity contribution in [2.45, 2.75) is 25.8 Å². The molecule has 20 heavy (non-hydrogen) atoms. The summed E-state index contributed by atoms with van der Waals surface area (Å²) >= 11 is 11.7. The highest BCUT2D eigenvalue weighted by atomic mass is 35.5. The van der Waals surface area contributed by atoms with Gasteiger partial charge in [0.2, 0.25) is 0 Å². The number of nitro benzene ring substituents is 1. The summed E-state index contributed by atoms with van der Waals surface area (Å²) in [7, 11) is 0. The van der Waals surface area contributed by atoms with Crippen LogP contribution in [0.25, 0.3) is 0 Å². The molecule has 0 spiro atoms. The van der Waals surface area contributed by atoms with Crippen molar-refractivity contribution in [3.63, 3.8) is 0 Å². The second kappa shape index (κ2) is 6.39. The van der Waals surface area contributed by atoms with Crippen LogP contribution in [-0.2, 0) is 0 Å². The second-order valence-electron chi connectivity index (χ2n) is 4.86. The number of carbonyl (C=O) groups excluding carboxylic acids is 1. The van der Waals surface area contributed by atoms with Gasteiger partial charge in [0.05, 0.1) is 20.5 Å². The highest BCUT2D eigenvalue weighted by molar-refractivity contribution is 6.44. The molecule has 1 aromatic rings. The number of carbonyl (C=O) groups is 1. The first-order chi connectivity index (χ1) is 9.18. The molecule has 110 valence electrons. The van der Waals surface area contributed by atoms with Crippen LogP contribution in [0.15, 0.2) is 12.1 Å². The number of aliphatic hydroxyl groups is 1. The van der Waals surface area contributed by atoms with Crippen molar-refractivity contribution in [1.29, 1.82) is 0 Å². The molecule has 0 radical (unpaired) electrons. The maximum atomic E-state index is 12.1. The third kappa shape index (κ3) is 4.06. The fourth-order valence-corrected chi connectivity index (χ4v) is 1.97. The number of non-ortho nitro benzene ring substituents is 1. The Hall–Kier alpha value is -1.37. The molecule has 0 aliphatic heterocycles. The predicted octanol–water partition coefficient (Wildman–Crippen LogP) is 2.79. The lowest BCUT2D eigenvalue weighted by Gasteiger charge is -2.25. The Labute approximate surface area is 125 Å². The number of halogens is 2. The summed E-state index contributed by atoms with van der Waals surface area (Å²) in [6.45, 7) is 3.33. The van der Waals surface area contributed by atoms with E-state index in [4.69, 9.17) is 28.3 Å². The molecule has 0 heterocycles. The van der Waals surface area contributed by atoms with Crippen LogP contribution < -0.4 is 5.32 Å². The smallest absolute Gasteiger partial charge is 0.271 e. The van der Waals surface area contributed by atoms with Crippen LogP contribution in [0.2, 0.25) is 10.0 Å². The van der Waals surface area contributed by atoms with Gasteiger partial charge in [-0.25, -0.2) is 0 Å². The Morgan fingerprint density at radius 3 is 2.55 bits per heavy atom. The first-order valence-corrected chi connectivity index (χ1v) is 6.50. The van der Waals surface area contributed by atoms with Crippen LogP contribution in [-0.4, -0.2) is 28.1 Å². The number of hydrogen-bond donors (Lipinski definition) is 2. The van der Waals surface area contributed by atoms with Crippen molar-refractivity contribution in [2.75, 3.05) is 6.61 Å². The van der Waals surface area contributed by atoms with Crippen molar-refractivity contribution in [1.82, 2.24) is 5.32 Å². The lowest BCUT2D eigenvalue weighted by Crippen LogP contribution is -2.44. The minimum atomic E-state index is -0.674. The summed E-state index contributed by atoms with van der Waals surface area (Å²) < 4.78 is 0. The minimum Gasteiger partial charge on any atom is -0.396 e. The van der Waals surface area contributed by atoms with Crippen molar-refractivity contribution < 1.29 is 14.8 Å². The molecule has 1 rings (SSSR count). The standard InChI is InChI=1S/C12H14Cl2N2O4/c1-12(2,3-4-17)15-11(18)8-5-7(16(19)20)6-9(13)10(8)14/h5-6,17H,3-4H2,1-2H3,(H,15,18). The van der Waals surface area contributed by atoms with Crippen molar-refractivity contribution in [2.24, 2.45) is 0 Å². The van der Waals surface area contributed by atoms with Gasteiger partial charge in [-0.15, -0.1) is 0 Å². The maximum absolute atomic E-state index is 12.1. The van der Waals surface area contributed by atoms with E-state index in [1.807, 2.05) is 0 Å². The third-order valence-electron chi connectivity index (χ3n) is 2.66. The molecule has 0 fully saturated rings. The molecule has 0 aliphatic carbocycles. The van der Waals surface area contributed by atoms with Gasteiger partial charge < -0.3 is 10.4 Å². The molecule has 2 N–H and O–H groups in total. The number of nitrogens with zero attached hydrogens (tertiary/aromatic N) is 1. The summed E-state index contributed by atoms with van der Waals surface area (Å²) in [4.78, 5) is 22.2. The van der Waals surface area contributed by atoms with Crippen LogP contribution in [0.5, 0.6) is 0 Å². The number of nitro groups is 1. The summed E-state index contributed by atoms with van der Waals surface area (Å²) in [6.07, 6.45) is 0.332. The highest BCUT2D eigenvalue weighted by Gasteiger charge is 2.24. The van der Waals surface area contributed by atoms with Crippen LogP contribution in [0.4, 0.5) is 5.69 Å². The molecule has 0 aliphatic rings. The zero-order valence-corrected chi connectivity index (χ0v) is 12.5. The SMILES string of the molecule is CC(C)(CCO)NC(=O)c1cc([N+](=O)[O-])cc(Cl)c1Cl. The topological polar surface area (TPSA) is 92.5 Å². The first-order valence-electron chi connectivity index (χ1n) is 5.75. The lowest BCUT2D eigenvalue weighted by molar-refractivity contribution is -0.384. The van der Waals surface area contributed by atoms with Gasteiger partial charge in [-0.2, -0.15) is 0 Å². The number of hydrogen-bond acceptors (Lipinski definition) is 4. The van der Waals surface area contributed by atoms with Crippen LogP contribution in [0.1, 0.15) is 30.6 Å². The quantitative estimate of drug-likeness (QED) is 0.644. The predicted molar refractivity (Wildman–Crippen MR) is 76.4 cm³/mol. The van der Waals surface area contributed by atoms with Gasteiger partial charge in [0.25, 0.3) is 11.6 Å². The second-order valence-corrected chi connectivity index (χ2v) is 5.64. The highest BCUT2D eigenvalue weighted by Crippen LogP contribution is 2.31. The minimum absolute atomic E-state index is 0.0467. The Morgan fingerprint density at radius 2 is 2.05 bits per heavy atom. The molecule has 8 heteroatoms. The van der Waals surface area contributed by atoms with Gasteiger partial charge in [-0.05, 0) is 20.3 Å². The first kappa shape index (κ1) is 16.7. The van der Waals surface area contributed by atoms with E-state index in [-0.39, 0.29) is 27.9 Å². The molecule has 0 aromatic heterocycles. The Balaban J connectivity index is 3.12. The molecule has 0 unspecified atom stereocenters. The van der Waals surface area contributed by atoms with Gasteiger partial charge in [-0.3, -0.25) is 14.9 Å². The maximum Gasteiger partial charge on any atom is 0.271 e. The number of amides is 1. The van der Waals surface area contributed by atoms with E-state index >= 15 is 0 Å². The van der Waals surface area contributed by atoms with Crippen LogP contribution in [0.3, 0.4) is 0 Å². The number of aliphatic hydroxyl groups excluding tert-OH is 1. The lowest BCUT2D eigenvalue weighted by atomic mass is 10.0. The van der Waals surface area contributed by atoms with Gasteiger partial charge >= 0.3 is 0 Å². The molecular formula is C12H14Cl2N2O4. The van der Waals surface area contributed by atoms with E-state index < -0.39 is 16.4 Å². The van der Waals surface area contributed by atoms with E-state index in [1.165, 1.54) is 0 Å². The Bertz CT molecular complexity index is 547. The fraction of sp³-hybridized carbons (Fsp3) is 0.417. The van der Waals surface area contributed by atoms with Crippen LogP contribution >= 0.6 is 23.2 Å². The number of nitrogens with one attached hydrogen (secondary N) is 1. The zero-order chi connectivity index (χ0) is 15.5. The van der Waals surface area contributed by atoms with Gasteiger partial charge in [0.1, 0.15) is 0 Å². The molecule has 6 nitrogen and oxygen atoms in total. The van der Waals surface area contributed by atoms with Gasteiger partial charge in [0, 0.05) is 24.3 Å². The number of benzene rings is 1. The molecule has 0 atom stereocenters. The average Bonchev–Trinajstić information content (AvgIpc) is 2.31. The summed E-state index contributed by atoms with van der Waals surface area (Å²) in [5, 5.41) is 22.2. The van der Waals surface area contributed by atoms with Crippen molar-refractivity contribution in [3.05, 3.63) is 37.9 Å². The van der Waals surface area contributed by atoms with E-state index in [0.717, 1.165) is 12.1 Å². The monoisotopic (exact) mass is 320 g/mol.